The first kappa shape index (κ1) is 12.1. The van der Waals surface area contributed by atoms with Crippen LogP contribution in [0.2, 0.25) is 0 Å². The molecule has 0 unspecified atom stereocenters. The molecule has 0 aliphatic heterocycles. The van der Waals surface area contributed by atoms with Gasteiger partial charge in [0, 0.05) is 19.3 Å². The lowest BCUT2D eigenvalue weighted by molar-refractivity contribution is -0.384. The normalized spacial score (nSPS) is 10.3. The van der Waals surface area contributed by atoms with E-state index in [4.69, 9.17) is 0 Å². The number of aryl methyl sites for hydroxylation is 1. The molecule has 0 spiro atoms. The van der Waals surface area contributed by atoms with Crippen LogP contribution in [0.1, 0.15) is 11.1 Å². The third kappa shape index (κ3) is 2.48. The Morgan fingerprint density at radius 2 is 2.28 bits per heavy atom. The van der Waals surface area contributed by atoms with Crippen molar-refractivity contribution in [1.29, 1.82) is 0 Å². The maximum atomic E-state index is 10.9. The first-order chi connectivity index (χ1) is 8.60. The molecule has 1 N–H and O–H groups in total. The van der Waals surface area contributed by atoms with E-state index in [2.05, 4.69) is 10.4 Å². The van der Waals surface area contributed by atoms with Gasteiger partial charge in [0.2, 0.25) is 0 Å². The van der Waals surface area contributed by atoms with Gasteiger partial charge in [0.25, 0.3) is 5.69 Å². The summed E-state index contributed by atoms with van der Waals surface area (Å²) in [5.74, 6) is 0. The van der Waals surface area contributed by atoms with Gasteiger partial charge >= 0.3 is 0 Å². The number of nitrogens with zero attached hydrogens (tertiary/aromatic N) is 3. The van der Waals surface area contributed by atoms with Crippen LogP contribution in [0.3, 0.4) is 0 Å². The van der Waals surface area contributed by atoms with Crippen LogP contribution in [0, 0.1) is 17.0 Å². The molecule has 2 aromatic rings. The zero-order valence-corrected chi connectivity index (χ0v) is 10.3. The van der Waals surface area contributed by atoms with Crippen molar-refractivity contribution >= 4 is 11.4 Å². The van der Waals surface area contributed by atoms with Crippen LogP contribution in [0.5, 0.6) is 0 Å². The van der Waals surface area contributed by atoms with Crippen molar-refractivity contribution < 1.29 is 4.92 Å². The average Bonchev–Trinajstić information content (AvgIpc) is 2.74. The highest BCUT2D eigenvalue weighted by atomic mass is 16.6. The van der Waals surface area contributed by atoms with Crippen LogP contribution in [0.25, 0.3) is 0 Å². The van der Waals surface area contributed by atoms with Crippen LogP contribution in [0.15, 0.2) is 30.6 Å². The molecule has 0 fully saturated rings. The van der Waals surface area contributed by atoms with E-state index in [9.17, 15) is 10.1 Å². The van der Waals surface area contributed by atoms with Gasteiger partial charge in [-0.2, -0.15) is 5.10 Å². The summed E-state index contributed by atoms with van der Waals surface area (Å²) >= 11 is 0. The second-order valence-electron chi connectivity index (χ2n) is 4.07. The number of hydrogen-bond donors (Lipinski definition) is 1. The maximum absolute atomic E-state index is 10.9. The van der Waals surface area contributed by atoms with E-state index in [1.165, 1.54) is 0 Å². The third-order valence-electron chi connectivity index (χ3n) is 2.64. The van der Waals surface area contributed by atoms with Crippen molar-refractivity contribution in [1.82, 2.24) is 9.78 Å². The molecule has 0 amide bonds. The minimum Gasteiger partial charge on any atom is -0.383 e. The second-order valence-corrected chi connectivity index (χ2v) is 4.07. The van der Waals surface area contributed by atoms with Crippen LogP contribution in [-0.2, 0) is 6.54 Å². The molecule has 0 aliphatic rings. The highest BCUT2D eigenvalue weighted by molar-refractivity contribution is 5.62. The molecule has 0 atom stereocenters. The van der Waals surface area contributed by atoms with Gasteiger partial charge in [-0.05, 0) is 24.1 Å². The van der Waals surface area contributed by atoms with Gasteiger partial charge in [0.1, 0.15) is 5.69 Å². The lowest BCUT2D eigenvalue weighted by Crippen LogP contribution is -2.02. The SMILES string of the molecule is CNc1ccc(Cn2cc(C)cn2)cc1[N+](=O)[O-]. The molecule has 0 saturated carbocycles. The van der Waals surface area contributed by atoms with E-state index < -0.39 is 0 Å². The van der Waals surface area contributed by atoms with E-state index in [0.29, 0.717) is 12.2 Å². The second kappa shape index (κ2) is 4.87. The summed E-state index contributed by atoms with van der Waals surface area (Å²) in [5.41, 5.74) is 2.51. The molecule has 0 bridgehead atoms. The van der Waals surface area contributed by atoms with Crippen LogP contribution >= 0.6 is 0 Å². The maximum Gasteiger partial charge on any atom is 0.292 e. The van der Waals surface area contributed by atoms with Crippen molar-refractivity contribution in [2.45, 2.75) is 13.5 Å². The number of hydrogen-bond acceptors (Lipinski definition) is 4. The first-order valence-corrected chi connectivity index (χ1v) is 5.54. The molecule has 6 heteroatoms. The van der Waals surface area contributed by atoms with Gasteiger partial charge < -0.3 is 5.32 Å². The van der Waals surface area contributed by atoms with E-state index in [1.807, 2.05) is 19.2 Å². The summed E-state index contributed by atoms with van der Waals surface area (Å²) in [7, 11) is 1.67. The van der Waals surface area contributed by atoms with Crippen molar-refractivity contribution in [2.75, 3.05) is 12.4 Å². The minimum atomic E-state index is -0.385. The number of nitrogens with one attached hydrogen (secondary N) is 1. The number of nitro benzene ring substituents is 1. The quantitative estimate of drug-likeness (QED) is 0.663. The Morgan fingerprint density at radius 1 is 1.50 bits per heavy atom. The largest absolute Gasteiger partial charge is 0.383 e. The third-order valence-corrected chi connectivity index (χ3v) is 2.64. The molecule has 1 aromatic heterocycles. The number of anilines is 1. The van der Waals surface area contributed by atoms with E-state index >= 15 is 0 Å². The number of rotatable bonds is 4. The van der Waals surface area contributed by atoms with E-state index in [0.717, 1.165) is 11.1 Å². The van der Waals surface area contributed by atoms with Gasteiger partial charge in [-0.25, -0.2) is 0 Å². The number of nitro groups is 1. The van der Waals surface area contributed by atoms with Crippen LogP contribution < -0.4 is 5.32 Å². The van der Waals surface area contributed by atoms with Crippen LogP contribution in [-0.4, -0.2) is 21.8 Å². The lowest BCUT2D eigenvalue weighted by Gasteiger charge is -2.05. The zero-order valence-electron chi connectivity index (χ0n) is 10.3. The standard InChI is InChI=1S/C12H14N4O2/c1-9-6-14-15(7-9)8-10-3-4-11(13-2)12(5-10)16(17)18/h3-7,13H,8H2,1-2H3. The highest BCUT2D eigenvalue weighted by Crippen LogP contribution is 2.25. The highest BCUT2D eigenvalue weighted by Gasteiger charge is 2.13. The van der Waals surface area contributed by atoms with Gasteiger partial charge in [-0.15, -0.1) is 0 Å². The molecule has 94 valence electrons. The number of benzene rings is 1. The smallest absolute Gasteiger partial charge is 0.292 e. The zero-order chi connectivity index (χ0) is 13.1. The van der Waals surface area contributed by atoms with Gasteiger partial charge in [0.15, 0.2) is 0 Å². The Morgan fingerprint density at radius 3 is 2.83 bits per heavy atom. The Bertz CT molecular complexity index is 577. The van der Waals surface area contributed by atoms with Gasteiger partial charge in [0.05, 0.1) is 17.7 Å². The summed E-state index contributed by atoms with van der Waals surface area (Å²) in [5, 5.41) is 17.9. The van der Waals surface area contributed by atoms with Crippen molar-refractivity contribution in [2.24, 2.45) is 0 Å². The fourth-order valence-corrected chi connectivity index (χ4v) is 1.78. The molecular weight excluding hydrogens is 232 g/mol. The molecule has 18 heavy (non-hydrogen) atoms. The Labute approximate surface area is 104 Å². The van der Waals surface area contributed by atoms with Crippen molar-refractivity contribution in [3.63, 3.8) is 0 Å². The molecule has 6 nitrogen and oxygen atoms in total. The monoisotopic (exact) mass is 246 g/mol. The molecular formula is C12H14N4O2. The molecule has 1 heterocycles. The van der Waals surface area contributed by atoms with Gasteiger partial charge in [-0.3, -0.25) is 14.8 Å². The van der Waals surface area contributed by atoms with Crippen molar-refractivity contribution in [3.05, 3.63) is 51.8 Å². The summed E-state index contributed by atoms with van der Waals surface area (Å²) in [6.07, 6.45) is 3.66. The summed E-state index contributed by atoms with van der Waals surface area (Å²) in [6.45, 7) is 2.48. The summed E-state index contributed by atoms with van der Waals surface area (Å²) < 4.78 is 1.76. The van der Waals surface area contributed by atoms with Gasteiger partial charge in [-0.1, -0.05) is 6.07 Å². The Kier molecular flexibility index (Phi) is 3.27. The Hall–Kier alpha value is -2.37. The summed E-state index contributed by atoms with van der Waals surface area (Å²) in [6, 6.07) is 5.14. The van der Waals surface area contributed by atoms with E-state index in [-0.39, 0.29) is 10.6 Å². The molecule has 2 rings (SSSR count). The molecule has 0 radical (unpaired) electrons. The molecule has 0 aliphatic carbocycles. The summed E-state index contributed by atoms with van der Waals surface area (Å²) in [4.78, 5) is 10.5. The minimum absolute atomic E-state index is 0.0823. The first-order valence-electron chi connectivity index (χ1n) is 5.54. The lowest BCUT2D eigenvalue weighted by atomic mass is 10.1. The fraction of sp³-hybridized carbons (Fsp3) is 0.250. The average molecular weight is 246 g/mol. The van der Waals surface area contributed by atoms with Crippen LogP contribution in [0.4, 0.5) is 11.4 Å². The predicted molar refractivity (Wildman–Crippen MR) is 68.7 cm³/mol. The Balaban J connectivity index is 2.29. The number of aromatic nitrogens is 2. The molecule has 1 aromatic carbocycles. The topological polar surface area (TPSA) is 73.0 Å². The fourth-order valence-electron chi connectivity index (χ4n) is 1.78. The van der Waals surface area contributed by atoms with Crippen molar-refractivity contribution in [3.8, 4) is 0 Å². The van der Waals surface area contributed by atoms with E-state index in [1.54, 1.807) is 30.1 Å². The molecule has 0 saturated heterocycles. The predicted octanol–water partition coefficient (Wildman–Crippen LogP) is 2.19.